The van der Waals surface area contributed by atoms with E-state index in [1.165, 1.54) is 11.3 Å². The summed E-state index contributed by atoms with van der Waals surface area (Å²) in [5, 5.41) is 3.36. The molecule has 0 saturated heterocycles. The summed E-state index contributed by atoms with van der Waals surface area (Å²) in [6.45, 7) is 7.00. The summed E-state index contributed by atoms with van der Waals surface area (Å²) in [5.41, 5.74) is 4.71. The van der Waals surface area contributed by atoms with Gasteiger partial charge in [-0.1, -0.05) is 0 Å². The second-order valence-electron chi connectivity index (χ2n) is 4.97. The van der Waals surface area contributed by atoms with E-state index >= 15 is 0 Å². The van der Waals surface area contributed by atoms with Gasteiger partial charge < -0.3 is 14.6 Å². The van der Waals surface area contributed by atoms with Crippen molar-refractivity contribution in [2.75, 3.05) is 13.7 Å². The lowest BCUT2D eigenvalue weighted by atomic mass is 10.1. The molecule has 19 heavy (non-hydrogen) atoms. The van der Waals surface area contributed by atoms with Gasteiger partial charge in [0.05, 0.1) is 25.0 Å². The Balaban J connectivity index is 2.11. The molecule has 0 aliphatic carbocycles. The van der Waals surface area contributed by atoms with E-state index in [1.807, 2.05) is 6.07 Å². The Morgan fingerprint density at radius 1 is 1.32 bits per heavy atom. The quantitative estimate of drug-likeness (QED) is 0.897. The summed E-state index contributed by atoms with van der Waals surface area (Å²) in [7, 11) is 1.71. The fourth-order valence-corrected chi connectivity index (χ4v) is 2.79. The zero-order valence-electron chi connectivity index (χ0n) is 11.7. The van der Waals surface area contributed by atoms with Crippen LogP contribution in [0.3, 0.4) is 0 Å². The molecule has 0 fully saturated rings. The Morgan fingerprint density at radius 3 is 2.89 bits per heavy atom. The van der Waals surface area contributed by atoms with Crippen molar-refractivity contribution in [3.63, 3.8) is 0 Å². The monoisotopic (exact) mass is 257 g/mol. The second kappa shape index (κ2) is 4.70. The fraction of sp³-hybridized carbons (Fsp3) is 0.400. The molecule has 2 aromatic rings. The molecule has 0 unspecified atom stereocenters. The number of methoxy groups -OCH3 is 1. The number of rotatable bonds is 2. The van der Waals surface area contributed by atoms with Crippen LogP contribution in [-0.2, 0) is 13.1 Å². The van der Waals surface area contributed by atoms with Crippen LogP contribution in [0.2, 0.25) is 0 Å². The van der Waals surface area contributed by atoms with Crippen LogP contribution in [0.15, 0.2) is 18.2 Å². The predicted octanol–water partition coefficient (Wildman–Crippen LogP) is 2.28. The lowest BCUT2D eigenvalue weighted by Crippen LogP contribution is -2.28. The van der Waals surface area contributed by atoms with Gasteiger partial charge in [0.15, 0.2) is 0 Å². The van der Waals surface area contributed by atoms with Crippen molar-refractivity contribution in [1.29, 1.82) is 0 Å². The maximum absolute atomic E-state index is 5.33. The summed E-state index contributed by atoms with van der Waals surface area (Å²) >= 11 is 0. The second-order valence-corrected chi connectivity index (χ2v) is 4.97. The lowest BCUT2D eigenvalue weighted by Gasteiger charge is -2.18. The molecule has 3 rings (SSSR count). The Bertz CT molecular complexity index is 616. The normalized spacial score (nSPS) is 14.3. The first kappa shape index (κ1) is 12.2. The molecule has 4 heteroatoms. The van der Waals surface area contributed by atoms with Gasteiger partial charge in [-0.2, -0.15) is 0 Å². The number of fused-ring (bicyclic) bond motifs is 1. The molecule has 0 atom stereocenters. The summed E-state index contributed by atoms with van der Waals surface area (Å²) in [6.07, 6.45) is 0. The van der Waals surface area contributed by atoms with E-state index in [4.69, 9.17) is 4.74 Å². The molecule has 0 bridgehead atoms. The topological polar surface area (TPSA) is 39.1 Å². The van der Waals surface area contributed by atoms with Gasteiger partial charge in [-0.25, -0.2) is 4.98 Å². The number of aromatic nitrogens is 2. The molecular formula is C15H19N3O. The van der Waals surface area contributed by atoms with Gasteiger partial charge in [-0.05, 0) is 37.6 Å². The van der Waals surface area contributed by atoms with Crippen molar-refractivity contribution in [1.82, 2.24) is 14.9 Å². The van der Waals surface area contributed by atoms with Gasteiger partial charge in [0.2, 0.25) is 0 Å². The van der Waals surface area contributed by atoms with Crippen molar-refractivity contribution in [2.24, 2.45) is 0 Å². The number of imidazole rings is 1. The van der Waals surface area contributed by atoms with E-state index in [9.17, 15) is 0 Å². The Kier molecular flexibility index (Phi) is 3.03. The Morgan fingerprint density at radius 2 is 2.16 bits per heavy atom. The van der Waals surface area contributed by atoms with Crippen molar-refractivity contribution >= 4 is 0 Å². The first-order chi connectivity index (χ1) is 9.20. The minimum absolute atomic E-state index is 0.857. The number of hydrogen-bond donors (Lipinski definition) is 1. The third-order valence-corrected chi connectivity index (χ3v) is 3.68. The van der Waals surface area contributed by atoms with Crippen LogP contribution in [0.25, 0.3) is 11.3 Å². The van der Waals surface area contributed by atoms with E-state index < -0.39 is 0 Å². The molecule has 4 nitrogen and oxygen atoms in total. The third-order valence-electron chi connectivity index (χ3n) is 3.68. The molecule has 100 valence electrons. The Hall–Kier alpha value is -1.81. The van der Waals surface area contributed by atoms with Crippen molar-refractivity contribution in [3.8, 4) is 17.0 Å². The highest BCUT2D eigenvalue weighted by Crippen LogP contribution is 2.29. The molecule has 1 aliphatic heterocycles. The van der Waals surface area contributed by atoms with E-state index in [-0.39, 0.29) is 0 Å². The zero-order chi connectivity index (χ0) is 13.4. The summed E-state index contributed by atoms with van der Waals surface area (Å²) in [5.74, 6) is 2.06. The number of nitrogens with zero attached hydrogens (tertiary/aromatic N) is 2. The highest BCUT2D eigenvalue weighted by molar-refractivity contribution is 5.65. The Labute approximate surface area is 113 Å². The summed E-state index contributed by atoms with van der Waals surface area (Å²) in [6, 6.07) is 6.33. The van der Waals surface area contributed by atoms with Crippen LogP contribution < -0.4 is 10.1 Å². The van der Waals surface area contributed by atoms with Gasteiger partial charge in [-0.3, -0.25) is 0 Å². The lowest BCUT2D eigenvalue weighted by molar-refractivity contribution is 0.412. The predicted molar refractivity (Wildman–Crippen MR) is 75.4 cm³/mol. The van der Waals surface area contributed by atoms with Crippen molar-refractivity contribution in [3.05, 3.63) is 35.3 Å². The molecular weight excluding hydrogens is 238 g/mol. The molecule has 0 radical (unpaired) electrons. The summed E-state index contributed by atoms with van der Waals surface area (Å²) < 4.78 is 7.65. The number of nitrogens with one attached hydrogen (secondary N) is 1. The van der Waals surface area contributed by atoms with Crippen LogP contribution in [0.1, 0.15) is 17.1 Å². The minimum atomic E-state index is 0.857. The standard InChI is InChI=1S/C15H19N3O/c1-10-8-12(4-5-13(10)19-3)15-11(2)17-14-9-16-6-7-18(14)15/h4-5,8,16H,6-7,9H2,1-3H3. The van der Waals surface area contributed by atoms with Crippen LogP contribution in [0.5, 0.6) is 5.75 Å². The average molecular weight is 257 g/mol. The molecule has 0 spiro atoms. The third kappa shape index (κ3) is 2.02. The number of ether oxygens (including phenoxy) is 1. The fourth-order valence-electron chi connectivity index (χ4n) is 2.79. The molecule has 0 amide bonds. The van der Waals surface area contributed by atoms with Gasteiger partial charge in [0, 0.05) is 18.7 Å². The molecule has 0 saturated carbocycles. The maximum Gasteiger partial charge on any atom is 0.123 e. The average Bonchev–Trinajstić information content (AvgIpc) is 2.74. The van der Waals surface area contributed by atoms with Gasteiger partial charge in [-0.15, -0.1) is 0 Å². The van der Waals surface area contributed by atoms with E-state index in [0.717, 1.165) is 42.5 Å². The van der Waals surface area contributed by atoms with E-state index in [2.05, 4.69) is 40.8 Å². The number of hydrogen-bond acceptors (Lipinski definition) is 3. The van der Waals surface area contributed by atoms with Crippen LogP contribution >= 0.6 is 0 Å². The molecule has 1 aromatic carbocycles. The number of aryl methyl sites for hydroxylation is 2. The highest BCUT2D eigenvalue weighted by atomic mass is 16.5. The molecule has 1 N–H and O–H groups in total. The van der Waals surface area contributed by atoms with E-state index in [0.29, 0.717) is 0 Å². The zero-order valence-corrected chi connectivity index (χ0v) is 11.7. The van der Waals surface area contributed by atoms with Gasteiger partial charge in [0.25, 0.3) is 0 Å². The van der Waals surface area contributed by atoms with Crippen LogP contribution in [0, 0.1) is 13.8 Å². The highest BCUT2D eigenvalue weighted by Gasteiger charge is 2.18. The van der Waals surface area contributed by atoms with Crippen molar-refractivity contribution < 1.29 is 4.74 Å². The molecule has 1 aromatic heterocycles. The largest absolute Gasteiger partial charge is 0.496 e. The van der Waals surface area contributed by atoms with Gasteiger partial charge >= 0.3 is 0 Å². The number of benzene rings is 1. The molecule has 1 aliphatic rings. The molecule has 2 heterocycles. The minimum Gasteiger partial charge on any atom is -0.496 e. The van der Waals surface area contributed by atoms with Crippen LogP contribution in [0.4, 0.5) is 0 Å². The van der Waals surface area contributed by atoms with Crippen molar-refractivity contribution in [2.45, 2.75) is 26.9 Å². The van der Waals surface area contributed by atoms with Crippen LogP contribution in [-0.4, -0.2) is 23.2 Å². The maximum atomic E-state index is 5.33. The SMILES string of the molecule is COc1ccc(-c2c(C)nc3n2CCNC3)cc1C. The van der Waals surface area contributed by atoms with E-state index in [1.54, 1.807) is 7.11 Å². The van der Waals surface area contributed by atoms with Gasteiger partial charge in [0.1, 0.15) is 11.6 Å². The first-order valence-electron chi connectivity index (χ1n) is 6.62. The first-order valence-corrected chi connectivity index (χ1v) is 6.62. The summed E-state index contributed by atoms with van der Waals surface area (Å²) in [4.78, 5) is 4.67. The smallest absolute Gasteiger partial charge is 0.123 e.